The fourth-order valence-electron chi connectivity index (χ4n) is 1.67. The molecule has 0 unspecified atom stereocenters. The second kappa shape index (κ2) is 6.47. The van der Waals surface area contributed by atoms with Gasteiger partial charge in [-0.2, -0.15) is 0 Å². The summed E-state index contributed by atoms with van der Waals surface area (Å²) in [5.41, 5.74) is 3.94. The Hall–Kier alpha value is -1.96. The van der Waals surface area contributed by atoms with Crippen molar-refractivity contribution in [3.63, 3.8) is 0 Å². The van der Waals surface area contributed by atoms with Gasteiger partial charge in [0, 0.05) is 30.5 Å². The minimum absolute atomic E-state index is 0.206. The number of hydrogen-bond acceptors (Lipinski definition) is 5. The number of nitrogen functional groups attached to an aromatic ring is 1. The van der Waals surface area contributed by atoms with Crippen LogP contribution in [0, 0.1) is 0 Å². The summed E-state index contributed by atoms with van der Waals surface area (Å²) in [5.74, 6) is 5.23. The fraction of sp³-hybridized carbons (Fsp3) is 0.154. The van der Waals surface area contributed by atoms with Gasteiger partial charge in [-0.25, -0.2) is 13.1 Å². The van der Waals surface area contributed by atoms with Gasteiger partial charge in [0.05, 0.1) is 4.90 Å². The van der Waals surface area contributed by atoms with Crippen molar-refractivity contribution in [2.24, 2.45) is 5.84 Å². The van der Waals surface area contributed by atoms with E-state index in [2.05, 4.69) is 15.1 Å². The van der Waals surface area contributed by atoms with Crippen molar-refractivity contribution >= 4 is 15.7 Å². The summed E-state index contributed by atoms with van der Waals surface area (Å²) in [7, 11) is -3.50. The molecule has 1 aromatic carbocycles. The third kappa shape index (κ3) is 3.77. The van der Waals surface area contributed by atoms with Crippen LogP contribution in [0.2, 0.25) is 0 Å². The maximum atomic E-state index is 12.0. The summed E-state index contributed by atoms with van der Waals surface area (Å²) in [4.78, 5) is 4.34. The van der Waals surface area contributed by atoms with Crippen molar-refractivity contribution in [2.45, 2.75) is 11.3 Å². The Kier molecular flexibility index (Phi) is 4.67. The zero-order valence-corrected chi connectivity index (χ0v) is 11.6. The number of sulfonamides is 1. The first kappa shape index (κ1) is 14.4. The molecule has 106 valence electrons. The molecule has 2 rings (SSSR count). The summed E-state index contributed by atoms with van der Waals surface area (Å²) in [5, 5.41) is 0. The van der Waals surface area contributed by atoms with Crippen LogP contribution in [-0.4, -0.2) is 19.9 Å². The zero-order valence-electron chi connectivity index (χ0n) is 10.8. The molecule has 0 saturated carbocycles. The molecule has 0 saturated heterocycles. The van der Waals surface area contributed by atoms with Gasteiger partial charge >= 0.3 is 0 Å². The number of benzene rings is 1. The van der Waals surface area contributed by atoms with Gasteiger partial charge in [0.15, 0.2) is 0 Å². The smallest absolute Gasteiger partial charge is 0.240 e. The third-order valence-corrected chi connectivity index (χ3v) is 4.21. The van der Waals surface area contributed by atoms with E-state index in [0.29, 0.717) is 18.7 Å². The highest BCUT2D eigenvalue weighted by Crippen LogP contribution is 2.12. The minimum Gasteiger partial charge on any atom is -0.324 e. The van der Waals surface area contributed by atoms with E-state index in [-0.39, 0.29) is 4.90 Å². The van der Waals surface area contributed by atoms with Gasteiger partial charge in [-0.3, -0.25) is 10.8 Å². The van der Waals surface area contributed by atoms with E-state index < -0.39 is 10.0 Å². The summed E-state index contributed by atoms with van der Waals surface area (Å²) in [6.07, 6.45) is 2.23. The average Bonchev–Trinajstić information content (AvgIpc) is 2.48. The van der Waals surface area contributed by atoms with Crippen LogP contribution in [0.1, 0.15) is 5.69 Å². The normalized spacial score (nSPS) is 11.2. The number of pyridine rings is 1. The largest absolute Gasteiger partial charge is 0.324 e. The van der Waals surface area contributed by atoms with Crippen molar-refractivity contribution in [3.05, 3.63) is 54.4 Å². The van der Waals surface area contributed by atoms with Gasteiger partial charge in [-0.05, 0) is 36.4 Å². The molecule has 0 aliphatic carbocycles. The van der Waals surface area contributed by atoms with Gasteiger partial charge < -0.3 is 5.43 Å². The van der Waals surface area contributed by atoms with Crippen LogP contribution in [0.4, 0.5) is 5.69 Å². The number of nitrogens with zero attached hydrogens (tertiary/aromatic N) is 1. The average molecular weight is 292 g/mol. The number of anilines is 1. The number of nitrogens with two attached hydrogens (primary N) is 1. The standard InChI is InChI=1S/C13H16N4O2S/c14-17-12-4-6-13(7-5-12)20(18,19)16-10-8-11-3-1-2-9-15-11/h1-7,9,16-17H,8,10,14H2. The molecule has 0 bridgehead atoms. The molecule has 0 spiro atoms. The molecule has 1 heterocycles. The molecule has 0 amide bonds. The van der Waals surface area contributed by atoms with Crippen molar-refractivity contribution in [3.8, 4) is 0 Å². The topological polar surface area (TPSA) is 97.1 Å². The van der Waals surface area contributed by atoms with Crippen molar-refractivity contribution in [2.75, 3.05) is 12.0 Å². The van der Waals surface area contributed by atoms with Gasteiger partial charge in [-0.1, -0.05) is 6.07 Å². The van der Waals surface area contributed by atoms with E-state index in [0.717, 1.165) is 5.69 Å². The lowest BCUT2D eigenvalue weighted by Gasteiger charge is -2.07. The first-order valence-electron chi connectivity index (χ1n) is 6.08. The summed E-state index contributed by atoms with van der Waals surface area (Å²) in [6, 6.07) is 11.8. The van der Waals surface area contributed by atoms with Crippen molar-refractivity contribution in [1.82, 2.24) is 9.71 Å². The first-order chi connectivity index (χ1) is 9.62. The summed E-state index contributed by atoms with van der Waals surface area (Å²) >= 11 is 0. The second-order valence-corrected chi connectivity index (χ2v) is 5.90. The Morgan fingerprint density at radius 2 is 1.85 bits per heavy atom. The molecule has 0 aliphatic heterocycles. The van der Waals surface area contributed by atoms with Gasteiger partial charge in [-0.15, -0.1) is 0 Å². The SMILES string of the molecule is NNc1ccc(S(=O)(=O)NCCc2ccccn2)cc1. The van der Waals surface area contributed by atoms with E-state index in [1.807, 2.05) is 18.2 Å². The molecular formula is C13H16N4O2S. The van der Waals surface area contributed by atoms with E-state index in [1.54, 1.807) is 18.3 Å². The minimum atomic E-state index is -3.50. The lowest BCUT2D eigenvalue weighted by atomic mass is 10.3. The second-order valence-electron chi connectivity index (χ2n) is 4.14. The lowest BCUT2D eigenvalue weighted by Crippen LogP contribution is -2.26. The van der Waals surface area contributed by atoms with Crippen LogP contribution in [0.25, 0.3) is 0 Å². The maximum absolute atomic E-state index is 12.0. The molecule has 20 heavy (non-hydrogen) atoms. The van der Waals surface area contributed by atoms with E-state index in [1.165, 1.54) is 12.1 Å². The van der Waals surface area contributed by atoms with Crippen LogP contribution in [-0.2, 0) is 16.4 Å². The zero-order chi connectivity index (χ0) is 14.4. The molecule has 0 fully saturated rings. The van der Waals surface area contributed by atoms with E-state index in [4.69, 9.17) is 5.84 Å². The molecule has 0 radical (unpaired) electrons. The highest BCUT2D eigenvalue weighted by Gasteiger charge is 2.12. The quantitative estimate of drug-likeness (QED) is 0.542. The Morgan fingerprint density at radius 1 is 1.10 bits per heavy atom. The van der Waals surface area contributed by atoms with Crippen LogP contribution >= 0.6 is 0 Å². The molecule has 7 heteroatoms. The van der Waals surface area contributed by atoms with Gasteiger partial charge in [0.2, 0.25) is 10.0 Å². The molecular weight excluding hydrogens is 276 g/mol. The molecule has 1 aromatic heterocycles. The highest BCUT2D eigenvalue weighted by atomic mass is 32.2. The molecule has 0 atom stereocenters. The monoisotopic (exact) mass is 292 g/mol. The highest BCUT2D eigenvalue weighted by molar-refractivity contribution is 7.89. The number of hydrogen-bond donors (Lipinski definition) is 3. The van der Waals surface area contributed by atoms with Crippen LogP contribution in [0.5, 0.6) is 0 Å². The predicted octanol–water partition coefficient (Wildman–Crippen LogP) is 0.888. The van der Waals surface area contributed by atoms with Crippen LogP contribution < -0.4 is 16.0 Å². The lowest BCUT2D eigenvalue weighted by molar-refractivity contribution is 0.581. The van der Waals surface area contributed by atoms with Crippen LogP contribution in [0.3, 0.4) is 0 Å². The Labute approximate surface area is 118 Å². The Bertz CT molecular complexity index is 642. The molecule has 4 N–H and O–H groups in total. The molecule has 6 nitrogen and oxygen atoms in total. The predicted molar refractivity (Wildman–Crippen MR) is 77.4 cm³/mol. The van der Waals surface area contributed by atoms with E-state index >= 15 is 0 Å². The van der Waals surface area contributed by atoms with Crippen molar-refractivity contribution < 1.29 is 8.42 Å². The molecule has 0 aliphatic rings. The number of aromatic nitrogens is 1. The number of rotatable bonds is 6. The Balaban J connectivity index is 1.96. The first-order valence-corrected chi connectivity index (χ1v) is 7.56. The van der Waals surface area contributed by atoms with E-state index in [9.17, 15) is 8.42 Å². The van der Waals surface area contributed by atoms with Crippen molar-refractivity contribution in [1.29, 1.82) is 0 Å². The maximum Gasteiger partial charge on any atom is 0.240 e. The summed E-state index contributed by atoms with van der Waals surface area (Å²) < 4.78 is 26.6. The number of hydrazine groups is 1. The third-order valence-electron chi connectivity index (χ3n) is 2.73. The van der Waals surface area contributed by atoms with Gasteiger partial charge in [0.25, 0.3) is 0 Å². The summed E-state index contributed by atoms with van der Waals surface area (Å²) in [6.45, 7) is 0.302. The number of nitrogens with one attached hydrogen (secondary N) is 2. The Morgan fingerprint density at radius 3 is 2.45 bits per heavy atom. The fourth-order valence-corrected chi connectivity index (χ4v) is 2.70. The van der Waals surface area contributed by atoms with Gasteiger partial charge in [0.1, 0.15) is 0 Å². The molecule has 2 aromatic rings. The van der Waals surface area contributed by atoms with Crippen LogP contribution in [0.15, 0.2) is 53.6 Å².